The lowest BCUT2D eigenvalue weighted by atomic mass is 9.96. The summed E-state index contributed by atoms with van der Waals surface area (Å²) in [5, 5.41) is 3.29. The van der Waals surface area contributed by atoms with Crippen molar-refractivity contribution in [2.45, 2.75) is 32.7 Å². The standard InChI is InChI=1S/C11H20N2O/c1-3-13(9-4-5-9)11(14)10-7-12-6-8(10)2/h8-10,12H,3-7H2,1-2H3. The molecule has 14 heavy (non-hydrogen) atoms. The molecule has 1 aliphatic heterocycles. The van der Waals surface area contributed by atoms with Crippen molar-refractivity contribution in [1.82, 2.24) is 10.2 Å². The van der Waals surface area contributed by atoms with Crippen LogP contribution in [0, 0.1) is 11.8 Å². The molecule has 0 spiro atoms. The number of carbonyl (C=O) groups excluding carboxylic acids is 1. The van der Waals surface area contributed by atoms with Crippen LogP contribution in [-0.2, 0) is 4.79 Å². The first-order chi connectivity index (χ1) is 6.74. The third-order valence-electron chi connectivity index (χ3n) is 3.45. The number of rotatable bonds is 3. The monoisotopic (exact) mass is 196 g/mol. The van der Waals surface area contributed by atoms with Crippen molar-refractivity contribution >= 4 is 5.91 Å². The Morgan fingerprint density at radius 1 is 1.43 bits per heavy atom. The molecule has 2 unspecified atom stereocenters. The molecule has 1 saturated carbocycles. The molecule has 80 valence electrons. The van der Waals surface area contributed by atoms with E-state index in [0.717, 1.165) is 19.6 Å². The number of hydrogen-bond donors (Lipinski definition) is 1. The average Bonchev–Trinajstić information content (AvgIpc) is 2.90. The van der Waals surface area contributed by atoms with Crippen molar-refractivity contribution in [3.63, 3.8) is 0 Å². The van der Waals surface area contributed by atoms with Gasteiger partial charge in [-0.1, -0.05) is 6.92 Å². The van der Waals surface area contributed by atoms with Gasteiger partial charge in [0.2, 0.25) is 5.91 Å². The highest BCUT2D eigenvalue weighted by Gasteiger charge is 2.38. The maximum absolute atomic E-state index is 12.2. The van der Waals surface area contributed by atoms with Crippen LogP contribution in [0.2, 0.25) is 0 Å². The normalized spacial score (nSPS) is 31.9. The minimum atomic E-state index is 0.232. The molecule has 0 radical (unpaired) electrons. The van der Waals surface area contributed by atoms with E-state index in [1.165, 1.54) is 12.8 Å². The van der Waals surface area contributed by atoms with Gasteiger partial charge >= 0.3 is 0 Å². The predicted octanol–water partition coefficient (Wildman–Crippen LogP) is 0.853. The van der Waals surface area contributed by atoms with E-state index in [9.17, 15) is 4.79 Å². The molecule has 0 aromatic heterocycles. The van der Waals surface area contributed by atoms with Crippen LogP contribution in [0.1, 0.15) is 26.7 Å². The molecular formula is C11H20N2O. The number of nitrogens with one attached hydrogen (secondary N) is 1. The summed E-state index contributed by atoms with van der Waals surface area (Å²) < 4.78 is 0. The summed E-state index contributed by atoms with van der Waals surface area (Å²) in [6.07, 6.45) is 2.43. The van der Waals surface area contributed by atoms with E-state index in [1.807, 2.05) is 0 Å². The highest BCUT2D eigenvalue weighted by Crippen LogP contribution is 2.29. The molecule has 2 rings (SSSR count). The molecule has 3 nitrogen and oxygen atoms in total. The molecule has 2 aliphatic rings. The topological polar surface area (TPSA) is 32.3 Å². The van der Waals surface area contributed by atoms with Crippen LogP contribution in [0.3, 0.4) is 0 Å². The Morgan fingerprint density at radius 2 is 2.14 bits per heavy atom. The van der Waals surface area contributed by atoms with Crippen molar-refractivity contribution in [3.8, 4) is 0 Å². The zero-order chi connectivity index (χ0) is 10.1. The fourth-order valence-electron chi connectivity index (χ4n) is 2.33. The summed E-state index contributed by atoms with van der Waals surface area (Å²) >= 11 is 0. The fraction of sp³-hybridized carbons (Fsp3) is 0.909. The molecule has 0 aromatic rings. The SMILES string of the molecule is CCN(C(=O)C1CNCC1C)C1CC1. The number of hydrogen-bond acceptors (Lipinski definition) is 2. The van der Waals surface area contributed by atoms with Crippen LogP contribution in [0.15, 0.2) is 0 Å². The zero-order valence-electron chi connectivity index (χ0n) is 9.12. The Labute approximate surface area is 85.8 Å². The smallest absolute Gasteiger partial charge is 0.227 e. The summed E-state index contributed by atoms with van der Waals surface area (Å²) in [7, 11) is 0. The van der Waals surface area contributed by atoms with Crippen LogP contribution < -0.4 is 5.32 Å². The molecule has 3 heteroatoms. The van der Waals surface area contributed by atoms with Gasteiger partial charge in [0.1, 0.15) is 0 Å². The number of nitrogens with zero attached hydrogens (tertiary/aromatic N) is 1. The second-order valence-electron chi connectivity index (χ2n) is 4.60. The summed E-state index contributed by atoms with van der Waals surface area (Å²) in [4.78, 5) is 14.2. The molecule has 1 amide bonds. The summed E-state index contributed by atoms with van der Waals surface area (Å²) in [5.41, 5.74) is 0. The van der Waals surface area contributed by atoms with Gasteiger partial charge in [-0.15, -0.1) is 0 Å². The molecule has 1 saturated heterocycles. The second kappa shape index (κ2) is 3.89. The Kier molecular flexibility index (Phi) is 2.77. The molecule has 1 aliphatic carbocycles. The third-order valence-corrected chi connectivity index (χ3v) is 3.45. The summed E-state index contributed by atoms with van der Waals surface area (Å²) in [6, 6.07) is 0.570. The van der Waals surface area contributed by atoms with Crippen LogP contribution >= 0.6 is 0 Å². The van der Waals surface area contributed by atoms with Gasteiger partial charge in [-0.05, 0) is 32.2 Å². The van der Waals surface area contributed by atoms with Crippen LogP contribution in [-0.4, -0.2) is 36.5 Å². The molecular weight excluding hydrogens is 176 g/mol. The first kappa shape index (κ1) is 9.97. The molecule has 0 aromatic carbocycles. The van der Waals surface area contributed by atoms with E-state index in [4.69, 9.17) is 0 Å². The van der Waals surface area contributed by atoms with Gasteiger partial charge in [0.15, 0.2) is 0 Å². The van der Waals surface area contributed by atoms with Crippen molar-refractivity contribution in [2.75, 3.05) is 19.6 Å². The Morgan fingerprint density at radius 3 is 2.57 bits per heavy atom. The van der Waals surface area contributed by atoms with Gasteiger partial charge in [0.25, 0.3) is 0 Å². The van der Waals surface area contributed by atoms with Crippen molar-refractivity contribution in [1.29, 1.82) is 0 Å². The van der Waals surface area contributed by atoms with Crippen LogP contribution in [0.5, 0.6) is 0 Å². The Bertz CT molecular complexity index is 221. The zero-order valence-corrected chi connectivity index (χ0v) is 9.12. The van der Waals surface area contributed by atoms with Gasteiger partial charge in [0, 0.05) is 19.1 Å². The fourth-order valence-corrected chi connectivity index (χ4v) is 2.33. The van der Waals surface area contributed by atoms with E-state index < -0.39 is 0 Å². The van der Waals surface area contributed by atoms with Crippen molar-refractivity contribution < 1.29 is 4.79 Å². The first-order valence-electron chi connectivity index (χ1n) is 5.75. The van der Waals surface area contributed by atoms with E-state index in [1.54, 1.807) is 0 Å². The minimum Gasteiger partial charge on any atom is -0.340 e. The third kappa shape index (κ3) is 1.78. The van der Waals surface area contributed by atoms with E-state index in [-0.39, 0.29) is 5.92 Å². The average molecular weight is 196 g/mol. The summed E-state index contributed by atoms with van der Waals surface area (Å²) in [6.45, 7) is 7.02. The highest BCUT2D eigenvalue weighted by molar-refractivity contribution is 5.80. The lowest BCUT2D eigenvalue weighted by molar-refractivity contribution is -0.136. The maximum atomic E-state index is 12.2. The highest BCUT2D eigenvalue weighted by atomic mass is 16.2. The van der Waals surface area contributed by atoms with Crippen LogP contribution in [0.25, 0.3) is 0 Å². The summed E-state index contributed by atoms with van der Waals surface area (Å²) in [5.74, 6) is 1.12. The first-order valence-corrected chi connectivity index (χ1v) is 5.75. The number of amides is 1. The lowest BCUT2D eigenvalue weighted by Gasteiger charge is -2.25. The second-order valence-corrected chi connectivity index (χ2v) is 4.60. The largest absolute Gasteiger partial charge is 0.340 e. The molecule has 1 N–H and O–H groups in total. The molecule has 2 atom stereocenters. The van der Waals surface area contributed by atoms with Crippen LogP contribution in [0.4, 0.5) is 0 Å². The predicted molar refractivity (Wildman–Crippen MR) is 55.9 cm³/mol. The van der Waals surface area contributed by atoms with Gasteiger partial charge in [0.05, 0.1) is 5.92 Å². The van der Waals surface area contributed by atoms with E-state index >= 15 is 0 Å². The minimum absolute atomic E-state index is 0.232. The Hall–Kier alpha value is -0.570. The van der Waals surface area contributed by atoms with Crippen molar-refractivity contribution in [3.05, 3.63) is 0 Å². The lowest BCUT2D eigenvalue weighted by Crippen LogP contribution is -2.40. The van der Waals surface area contributed by atoms with E-state index in [2.05, 4.69) is 24.1 Å². The van der Waals surface area contributed by atoms with E-state index in [0.29, 0.717) is 17.9 Å². The Balaban J connectivity index is 1.97. The molecule has 2 fully saturated rings. The van der Waals surface area contributed by atoms with Crippen molar-refractivity contribution in [2.24, 2.45) is 11.8 Å². The van der Waals surface area contributed by atoms with Gasteiger partial charge in [-0.3, -0.25) is 4.79 Å². The van der Waals surface area contributed by atoms with Gasteiger partial charge in [-0.2, -0.15) is 0 Å². The molecule has 1 heterocycles. The molecule has 0 bridgehead atoms. The quantitative estimate of drug-likeness (QED) is 0.726. The number of carbonyl (C=O) groups is 1. The van der Waals surface area contributed by atoms with Gasteiger partial charge in [-0.25, -0.2) is 0 Å². The van der Waals surface area contributed by atoms with Gasteiger partial charge < -0.3 is 10.2 Å². The maximum Gasteiger partial charge on any atom is 0.227 e.